The van der Waals surface area contributed by atoms with Crippen LogP contribution in [0.3, 0.4) is 0 Å². The van der Waals surface area contributed by atoms with E-state index in [0.29, 0.717) is 29.4 Å². The first-order valence-corrected chi connectivity index (χ1v) is 11.8. The fourth-order valence-corrected chi connectivity index (χ4v) is 4.34. The van der Waals surface area contributed by atoms with Gasteiger partial charge in [-0.3, -0.25) is 9.78 Å². The van der Waals surface area contributed by atoms with Crippen LogP contribution in [0.15, 0.2) is 103 Å². The van der Waals surface area contributed by atoms with E-state index in [2.05, 4.69) is 20.3 Å². The van der Waals surface area contributed by atoms with Crippen molar-refractivity contribution in [2.24, 2.45) is 0 Å². The summed E-state index contributed by atoms with van der Waals surface area (Å²) < 4.78 is 0. The molecular weight excluding hydrogens is 456 g/mol. The molecule has 35 heavy (non-hydrogen) atoms. The van der Waals surface area contributed by atoms with Crippen LogP contribution in [-0.4, -0.2) is 20.9 Å². The molecule has 0 saturated carbocycles. The van der Waals surface area contributed by atoms with Gasteiger partial charge in [-0.1, -0.05) is 24.3 Å². The van der Waals surface area contributed by atoms with E-state index in [4.69, 9.17) is 5.73 Å². The highest BCUT2D eigenvalue weighted by atomic mass is 32.1. The fraction of sp³-hybridized carbons (Fsp3) is 0.0370. The maximum absolute atomic E-state index is 12.9. The standard InChI is InChI=1S/C27H22N6OS/c28-23-11-10-21(25-5-2-15-35-25)16-24(23)32-26(34)20-8-6-19(7-9-20)18-33(22-4-1-12-29-17-22)27-30-13-3-14-31-27/h1-17H,18,28H2,(H,32,34). The summed E-state index contributed by atoms with van der Waals surface area (Å²) in [4.78, 5) is 29.0. The van der Waals surface area contributed by atoms with E-state index in [1.807, 2.05) is 64.9 Å². The monoisotopic (exact) mass is 478 g/mol. The minimum atomic E-state index is -0.220. The van der Waals surface area contributed by atoms with Gasteiger partial charge in [0.15, 0.2) is 0 Å². The number of benzene rings is 2. The molecule has 8 heteroatoms. The van der Waals surface area contributed by atoms with Gasteiger partial charge in [0, 0.05) is 29.0 Å². The molecule has 172 valence electrons. The maximum Gasteiger partial charge on any atom is 0.255 e. The van der Waals surface area contributed by atoms with E-state index in [1.165, 1.54) is 0 Å². The van der Waals surface area contributed by atoms with Gasteiger partial charge in [0.25, 0.3) is 5.91 Å². The number of rotatable bonds is 7. The largest absolute Gasteiger partial charge is 0.397 e. The number of thiophene rings is 1. The van der Waals surface area contributed by atoms with Gasteiger partial charge in [0.05, 0.1) is 29.8 Å². The van der Waals surface area contributed by atoms with Crippen molar-refractivity contribution < 1.29 is 4.79 Å². The molecule has 0 unspecified atom stereocenters. The molecule has 0 aliphatic heterocycles. The van der Waals surface area contributed by atoms with E-state index in [9.17, 15) is 4.79 Å². The van der Waals surface area contributed by atoms with Crippen molar-refractivity contribution in [1.29, 1.82) is 0 Å². The number of nitrogens with zero attached hydrogens (tertiary/aromatic N) is 4. The number of amides is 1. The van der Waals surface area contributed by atoms with Crippen LogP contribution in [0.25, 0.3) is 10.4 Å². The van der Waals surface area contributed by atoms with Crippen LogP contribution in [0, 0.1) is 0 Å². The van der Waals surface area contributed by atoms with Gasteiger partial charge in [0.1, 0.15) is 0 Å². The van der Waals surface area contributed by atoms with E-state index < -0.39 is 0 Å². The summed E-state index contributed by atoms with van der Waals surface area (Å²) in [5.74, 6) is 0.352. The lowest BCUT2D eigenvalue weighted by atomic mass is 10.1. The maximum atomic E-state index is 12.9. The van der Waals surface area contributed by atoms with Gasteiger partial charge in [-0.25, -0.2) is 9.97 Å². The first-order valence-electron chi connectivity index (χ1n) is 11.0. The number of nitrogens with one attached hydrogen (secondary N) is 1. The Kier molecular flexibility index (Phi) is 6.45. The van der Waals surface area contributed by atoms with Crippen LogP contribution in [0.2, 0.25) is 0 Å². The normalized spacial score (nSPS) is 10.6. The average molecular weight is 479 g/mol. The number of nitrogens with two attached hydrogens (primary N) is 1. The van der Waals surface area contributed by atoms with E-state index in [0.717, 1.165) is 21.7 Å². The Labute approximate surface area is 207 Å². The van der Waals surface area contributed by atoms with Gasteiger partial charge in [0.2, 0.25) is 5.95 Å². The first-order chi connectivity index (χ1) is 17.2. The summed E-state index contributed by atoms with van der Waals surface area (Å²) in [5.41, 5.74) is 10.7. The molecular formula is C27H22N6OS. The Morgan fingerprint density at radius 2 is 1.77 bits per heavy atom. The highest BCUT2D eigenvalue weighted by molar-refractivity contribution is 7.13. The van der Waals surface area contributed by atoms with Crippen molar-refractivity contribution in [3.05, 3.63) is 114 Å². The summed E-state index contributed by atoms with van der Waals surface area (Å²) in [6, 6.07) is 22.8. The van der Waals surface area contributed by atoms with E-state index in [1.54, 1.807) is 54.3 Å². The molecule has 1 amide bonds. The van der Waals surface area contributed by atoms with Gasteiger partial charge < -0.3 is 16.0 Å². The molecule has 0 bridgehead atoms. The SMILES string of the molecule is Nc1ccc(-c2cccs2)cc1NC(=O)c1ccc(CN(c2cccnc2)c2ncccn2)cc1. The van der Waals surface area contributed by atoms with Crippen LogP contribution in [-0.2, 0) is 6.54 Å². The quantitative estimate of drug-likeness (QED) is 0.288. The topological polar surface area (TPSA) is 97.0 Å². The molecule has 0 spiro atoms. The number of nitrogen functional groups attached to an aromatic ring is 1. The molecule has 0 aliphatic carbocycles. The Morgan fingerprint density at radius 1 is 0.943 bits per heavy atom. The van der Waals surface area contributed by atoms with Crippen molar-refractivity contribution in [2.45, 2.75) is 6.54 Å². The highest BCUT2D eigenvalue weighted by Gasteiger charge is 2.14. The number of carbonyl (C=O) groups is 1. The Morgan fingerprint density at radius 3 is 2.49 bits per heavy atom. The van der Waals surface area contributed by atoms with E-state index in [-0.39, 0.29) is 5.91 Å². The van der Waals surface area contributed by atoms with Gasteiger partial charge in [-0.15, -0.1) is 11.3 Å². The van der Waals surface area contributed by atoms with Crippen molar-refractivity contribution in [3.63, 3.8) is 0 Å². The van der Waals surface area contributed by atoms with Gasteiger partial charge in [-0.2, -0.15) is 0 Å². The zero-order valence-corrected chi connectivity index (χ0v) is 19.5. The third-order valence-corrected chi connectivity index (χ3v) is 6.33. The predicted octanol–water partition coefficient (Wildman–Crippen LogP) is 5.77. The molecule has 5 rings (SSSR count). The third-order valence-electron chi connectivity index (χ3n) is 5.42. The lowest BCUT2D eigenvalue weighted by Gasteiger charge is -2.22. The highest BCUT2D eigenvalue weighted by Crippen LogP contribution is 2.30. The number of anilines is 4. The van der Waals surface area contributed by atoms with Gasteiger partial charge >= 0.3 is 0 Å². The van der Waals surface area contributed by atoms with E-state index >= 15 is 0 Å². The lowest BCUT2D eigenvalue weighted by Crippen LogP contribution is -2.19. The first kappa shape index (κ1) is 22.2. The van der Waals surface area contributed by atoms with Crippen molar-refractivity contribution >= 4 is 40.3 Å². The molecule has 2 aromatic carbocycles. The molecule has 3 heterocycles. The zero-order chi connectivity index (χ0) is 24.0. The smallest absolute Gasteiger partial charge is 0.255 e. The van der Waals surface area contributed by atoms with Crippen molar-refractivity contribution in [2.75, 3.05) is 16.0 Å². The second-order valence-corrected chi connectivity index (χ2v) is 8.72. The number of carbonyl (C=O) groups excluding carboxylic acids is 1. The molecule has 0 saturated heterocycles. The number of pyridine rings is 1. The van der Waals surface area contributed by atoms with Crippen molar-refractivity contribution in [3.8, 4) is 10.4 Å². The van der Waals surface area contributed by atoms with Crippen LogP contribution < -0.4 is 16.0 Å². The fourth-order valence-electron chi connectivity index (χ4n) is 3.62. The number of hydrogen-bond acceptors (Lipinski definition) is 7. The van der Waals surface area contributed by atoms with Crippen molar-refractivity contribution in [1.82, 2.24) is 15.0 Å². The van der Waals surface area contributed by atoms with Crippen LogP contribution in [0.1, 0.15) is 15.9 Å². The molecule has 0 radical (unpaired) electrons. The third kappa shape index (κ3) is 5.18. The average Bonchev–Trinajstić information content (AvgIpc) is 3.45. The van der Waals surface area contributed by atoms with Crippen LogP contribution in [0.4, 0.5) is 23.0 Å². The molecule has 7 nitrogen and oxygen atoms in total. The molecule has 0 fully saturated rings. The van der Waals surface area contributed by atoms with Gasteiger partial charge in [-0.05, 0) is 65.0 Å². The summed E-state index contributed by atoms with van der Waals surface area (Å²) in [5, 5.41) is 4.96. The molecule has 0 aliphatic rings. The minimum absolute atomic E-state index is 0.220. The predicted molar refractivity (Wildman–Crippen MR) is 141 cm³/mol. The summed E-state index contributed by atoms with van der Waals surface area (Å²) >= 11 is 1.64. The molecule has 3 N–H and O–H groups in total. The minimum Gasteiger partial charge on any atom is -0.397 e. The molecule has 0 atom stereocenters. The summed E-state index contributed by atoms with van der Waals surface area (Å²) in [7, 11) is 0. The lowest BCUT2D eigenvalue weighted by molar-refractivity contribution is 0.102. The molecule has 3 aromatic heterocycles. The zero-order valence-electron chi connectivity index (χ0n) is 18.7. The number of hydrogen-bond donors (Lipinski definition) is 2. The van der Waals surface area contributed by atoms with Crippen LogP contribution in [0.5, 0.6) is 0 Å². The number of aromatic nitrogens is 3. The van der Waals surface area contributed by atoms with Crippen LogP contribution >= 0.6 is 11.3 Å². The Bertz CT molecular complexity index is 1370. The molecule has 5 aromatic rings. The second kappa shape index (κ2) is 10.1. The summed E-state index contributed by atoms with van der Waals surface area (Å²) in [6.07, 6.45) is 6.91. The second-order valence-electron chi connectivity index (χ2n) is 7.78. The Balaban J connectivity index is 1.33. The Hall–Kier alpha value is -4.56. The summed E-state index contributed by atoms with van der Waals surface area (Å²) in [6.45, 7) is 0.521.